The Kier molecular flexibility index (Phi) is 3.24. The van der Waals surface area contributed by atoms with Gasteiger partial charge in [0, 0.05) is 6.20 Å². The maximum atomic E-state index is 5.50. The lowest BCUT2D eigenvalue weighted by molar-refractivity contribution is -0.00989. The van der Waals surface area contributed by atoms with Crippen LogP contribution in [0.5, 0.6) is 0 Å². The van der Waals surface area contributed by atoms with E-state index in [1.165, 1.54) is 62.6 Å². The van der Waals surface area contributed by atoms with E-state index < -0.39 is 0 Å². The average Bonchev–Trinajstić information content (AvgIpc) is 3.35. The average molecular weight is 363 g/mol. The topological polar surface area (TPSA) is 30.4 Å². The van der Waals surface area contributed by atoms with E-state index >= 15 is 0 Å². The minimum Gasteiger partial charge on any atom is -0.432 e. The van der Waals surface area contributed by atoms with Gasteiger partial charge in [-0.25, -0.2) is 4.98 Å². The second-order valence-electron chi connectivity index (χ2n) is 9.98. The third-order valence-corrected chi connectivity index (χ3v) is 9.02. The Morgan fingerprint density at radius 1 is 1.07 bits per heavy atom. The van der Waals surface area contributed by atoms with Gasteiger partial charge in [-0.15, -0.1) is 0 Å². The van der Waals surface area contributed by atoms with Crippen molar-refractivity contribution in [2.24, 2.45) is 28.6 Å². The van der Waals surface area contributed by atoms with Crippen LogP contribution in [0.15, 0.2) is 40.8 Å². The van der Waals surface area contributed by atoms with Gasteiger partial charge < -0.3 is 4.42 Å². The van der Waals surface area contributed by atoms with Crippen LogP contribution in [0.2, 0.25) is 0 Å². The van der Waals surface area contributed by atoms with Crippen molar-refractivity contribution in [3.8, 4) is 0 Å². The third-order valence-electron chi connectivity index (χ3n) is 9.02. The van der Waals surface area contributed by atoms with Gasteiger partial charge in [-0.05, 0) is 79.1 Å². The van der Waals surface area contributed by atoms with Crippen LogP contribution in [0.1, 0.15) is 70.9 Å². The summed E-state index contributed by atoms with van der Waals surface area (Å²) in [5.41, 5.74) is 5.34. The number of fused-ring (bicyclic) bond motifs is 6. The lowest BCUT2D eigenvalue weighted by Crippen LogP contribution is -2.48. The molecule has 0 radical (unpaired) electrons. The molecule has 2 aromatic rings. The highest BCUT2D eigenvalue weighted by molar-refractivity contribution is 5.72. The van der Waals surface area contributed by atoms with E-state index in [2.05, 4.69) is 35.4 Å². The fourth-order valence-corrected chi connectivity index (χ4v) is 7.59. The molecule has 0 spiro atoms. The number of allylic oxidation sites excluding steroid dienone is 4. The quantitative estimate of drug-likeness (QED) is 0.559. The maximum absolute atomic E-state index is 5.50. The van der Waals surface area contributed by atoms with Crippen LogP contribution >= 0.6 is 0 Å². The monoisotopic (exact) mass is 362 g/mol. The van der Waals surface area contributed by atoms with Crippen molar-refractivity contribution in [3.63, 3.8) is 0 Å². The van der Waals surface area contributed by atoms with Crippen molar-refractivity contribution < 1.29 is 4.42 Å². The SMILES string of the molecule is C[C@]12CCCCC1=CCC1C2CC[C@]2(C)C(c3cnc4occn34)=CCC12. The summed E-state index contributed by atoms with van der Waals surface area (Å²) in [5, 5.41) is 0. The van der Waals surface area contributed by atoms with E-state index in [-0.39, 0.29) is 5.41 Å². The molecule has 0 bridgehead atoms. The third kappa shape index (κ3) is 2.01. The number of hydrogen-bond donors (Lipinski definition) is 0. The zero-order chi connectivity index (χ0) is 18.2. The molecule has 0 saturated heterocycles. The second-order valence-corrected chi connectivity index (χ2v) is 9.98. The zero-order valence-electron chi connectivity index (χ0n) is 16.6. The minimum absolute atomic E-state index is 0.283. The molecule has 5 atom stereocenters. The summed E-state index contributed by atoms with van der Waals surface area (Å²) < 4.78 is 7.63. The molecule has 6 rings (SSSR count). The molecule has 3 heteroatoms. The molecular formula is C24H30N2O. The number of rotatable bonds is 1. The Labute approximate surface area is 161 Å². The minimum atomic E-state index is 0.283. The van der Waals surface area contributed by atoms with E-state index in [0.29, 0.717) is 11.3 Å². The Morgan fingerprint density at radius 3 is 2.93 bits per heavy atom. The molecule has 2 fully saturated rings. The van der Waals surface area contributed by atoms with Gasteiger partial charge in [0.2, 0.25) is 0 Å². The van der Waals surface area contributed by atoms with Gasteiger partial charge in [-0.2, -0.15) is 0 Å². The molecule has 3 nitrogen and oxygen atoms in total. The summed E-state index contributed by atoms with van der Waals surface area (Å²) in [6, 6.07) is 0. The Morgan fingerprint density at radius 2 is 2.00 bits per heavy atom. The normalized spacial score (nSPS) is 40.9. The summed E-state index contributed by atoms with van der Waals surface area (Å²) in [6.45, 7) is 5.14. The Bertz CT molecular complexity index is 962. The zero-order valence-corrected chi connectivity index (χ0v) is 16.6. The molecule has 27 heavy (non-hydrogen) atoms. The fourth-order valence-electron chi connectivity index (χ4n) is 7.59. The molecule has 3 unspecified atom stereocenters. The number of hydrogen-bond acceptors (Lipinski definition) is 2. The van der Waals surface area contributed by atoms with Gasteiger partial charge in [0.25, 0.3) is 0 Å². The van der Waals surface area contributed by atoms with Crippen molar-refractivity contribution >= 4 is 11.4 Å². The molecule has 4 aliphatic carbocycles. The molecule has 4 aliphatic rings. The van der Waals surface area contributed by atoms with Gasteiger partial charge >= 0.3 is 5.84 Å². The number of imidazole rings is 1. The van der Waals surface area contributed by atoms with Crippen LogP contribution in [0.4, 0.5) is 0 Å². The van der Waals surface area contributed by atoms with Crippen molar-refractivity contribution in [1.29, 1.82) is 0 Å². The van der Waals surface area contributed by atoms with Gasteiger partial charge in [-0.1, -0.05) is 38.0 Å². The predicted octanol–water partition coefficient (Wildman–Crippen LogP) is 6.27. The van der Waals surface area contributed by atoms with E-state index in [1.54, 1.807) is 11.8 Å². The van der Waals surface area contributed by atoms with Crippen LogP contribution in [-0.4, -0.2) is 9.38 Å². The van der Waals surface area contributed by atoms with Gasteiger partial charge in [0.1, 0.15) is 6.26 Å². The number of oxazole rings is 1. The molecule has 0 N–H and O–H groups in total. The second kappa shape index (κ2) is 5.40. The van der Waals surface area contributed by atoms with Crippen LogP contribution in [-0.2, 0) is 0 Å². The number of aromatic nitrogens is 2. The fraction of sp³-hybridized carbons (Fsp3) is 0.625. The summed E-state index contributed by atoms with van der Waals surface area (Å²) in [7, 11) is 0. The summed E-state index contributed by atoms with van der Waals surface area (Å²) in [6.07, 6.45) is 21.8. The Hall–Kier alpha value is -1.77. The van der Waals surface area contributed by atoms with E-state index in [9.17, 15) is 0 Å². The van der Waals surface area contributed by atoms with Crippen molar-refractivity contribution in [2.45, 2.75) is 65.2 Å². The number of nitrogens with zero attached hydrogens (tertiary/aromatic N) is 2. The highest BCUT2D eigenvalue weighted by Gasteiger charge is 2.56. The first-order valence-corrected chi connectivity index (χ1v) is 10.9. The molecule has 0 amide bonds. The smallest absolute Gasteiger partial charge is 0.306 e. The molecule has 2 saturated carbocycles. The van der Waals surface area contributed by atoms with Crippen molar-refractivity contribution in [1.82, 2.24) is 9.38 Å². The summed E-state index contributed by atoms with van der Waals surface area (Å²) >= 11 is 0. The van der Waals surface area contributed by atoms with Gasteiger partial charge in [0.15, 0.2) is 0 Å². The van der Waals surface area contributed by atoms with Crippen molar-refractivity contribution in [2.75, 3.05) is 0 Å². The largest absolute Gasteiger partial charge is 0.432 e. The summed E-state index contributed by atoms with van der Waals surface area (Å²) in [4.78, 5) is 4.48. The first kappa shape index (κ1) is 16.2. The summed E-state index contributed by atoms with van der Waals surface area (Å²) in [5.74, 6) is 3.23. The molecule has 0 aliphatic heterocycles. The molecule has 2 heterocycles. The predicted molar refractivity (Wildman–Crippen MR) is 107 cm³/mol. The standard InChI is InChI=1S/C24H30N2O/c1-23-11-4-3-5-16(23)6-7-17-18-8-9-20(24(18,2)12-10-19(17)23)21-15-25-22-26(21)13-14-27-22/h6,9,13-15,17-19H,3-5,7-8,10-12H2,1-2H3/t17?,18?,19?,23-,24-/m0/s1. The lowest BCUT2D eigenvalue weighted by atomic mass is 9.47. The first-order valence-electron chi connectivity index (χ1n) is 10.9. The Balaban J connectivity index is 1.38. The maximum Gasteiger partial charge on any atom is 0.306 e. The van der Waals surface area contributed by atoms with E-state index in [0.717, 1.165) is 17.8 Å². The van der Waals surface area contributed by atoms with Crippen molar-refractivity contribution in [3.05, 3.63) is 42.1 Å². The highest BCUT2D eigenvalue weighted by atomic mass is 16.3. The molecule has 142 valence electrons. The van der Waals surface area contributed by atoms with Gasteiger partial charge in [0.05, 0.1) is 11.9 Å². The highest BCUT2D eigenvalue weighted by Crippen LogP contribution is 2.66. The first-order chi connectivity index (χ1) is 13.1. The van der Waals surface area contributed by atoms with Gasteiger partial charge in [-0.3, -0.25) is 4.40 Å². The lowest BCUT2D eigenvalue weighted by Gasteiger charge is -2.57. The molecule has 2 aromatic heterocycles. The molecular weight excluding hydrogens is 332 g/mol. The van der Waals surface area contributed by atoms with E-state index in [1.807, 2.05) is 12.4 Å². The van der Waals surface area contributed by atoms with Crippen LogP contribution in [0, 0.1) is 28.6 Å². The van der Waals surface area contributed by atoms with Crippen LogP contribution in [0.25, 0.3) is 11.4 Å². The van der Waals surface area contributed by atoms with Crippen LogP contribution < -0.4 is 0 Å². The van der Waals surface area contributed by atoms with Crippen LogP contribution in [0.3, 0.4) is 0 Å². The van der Waals surface area contributed by atoms with E-state index in [4.69, 9.17) is 4.42 Å². The molecule has 0 aromatic carbocycles.